The van der Waals surface area contributed by atoms with Gasteiger partial charge in [0.15, 0.2) is 6.10 Å². The average Bonchev–Trinajstić information content (AvgIpc) is 3.50. The third-order valence-corrected chi connectivity index (χ3v) is 6.50. The molecule has 2 aromatic carbocycles. The van der Waals surface area contributed by atoms with Crippen LogP contribution in [0, 0.1) is 16.0 Å². The number of carbonyl (C=O) groups excluding carboxylic acids is 3. The number of nitro benzene ring substituents is 1. The average molecular weight is 541 g/mol. The van der Waals surface area contributed by atoms with Crippen LogP contribution < -0.4 is 11.1 Å². The van der Waals surface area contributed by atoms with Crippen LogP contribution in [-0.4, -0.2) is 33.8 Å². The zero-order chi connectivity index (χ0) is 24.9. The molecular weight excluding hydrogens is 524 g/mol. The summed E-state index contributed by atoms with van der Waals surface area (Å²) < 4.78 is 6.96. The monoisotopic (exact) mass is 540 g/mol. The molecule has 2 saturated heterocycles. The standard InChI is InChI=1S/C23H17BrN4O7/c24-14-5-3-11(4-6-14)16-7-8-17(34-16)19-18-20(23(31)26-22(18)30)35-27(19)10-13-2-1-12(21(25)29)9-15(13)28(32)33/h1-9,18-20H,10H2,(H2,25,29)(H,26,30,31). The molecule has 3 aromatic rings. The lowest BCUT2D eigenvalue weighted by molar-refractivity contribution is -0.386. The molecule has 2 fully saturated rings. The van der Waals surface area contributed by atoms with E-state index in [0.29, 0.717) is 11.5 Å². The first-order chi connectivity index (χ1) is 16.7. The number of hydrogen-bond donors (Lipinski definition) is 2. The van der Waals surface area contributed by atoms with Gasteiger partial charge < -0.3 is 10.2 Å². The van der Waals surface area contributed by atoms with Gasteiger partial charge in [0, 0.05) is 27.2 Å². The Balaban J connectivity index is 1.52. The number of imide groups is 1. The number of nitrogens with two attached hydrogens (primary N) is 1. The van der Waals surface area contributed by atoms with Gasteiger partial charge in [0.25, 0.3) is 11.6 Å². The number of furan rings is 1. The van der Waals surface area contributed by atoms with Crippen molar-refractivity contribution in [3.8, 4) is 11.3 Å². The zero-order valence-electron chi connectivity index (χ0n) is 17.8. The molecule has 0 saturated carbocycles. The summed E-state index contributed by atoms with van der Waals surface area (Å²) in [5, 5.41) is 15.3. The lowest BCUT2D eigenvalue weighted by atomic mass is 9.94. The van der Waals surface area contributed by atoms with Crippen LogP contribution in [0.5, 0.6) is 0 Å². The summed E-state index contributed by atoms with van der Waals surface area (Å²) in [5.41, 5.74) is 5.90. The predicted octanol–water partition coefficient (Wildman–Crippen LogP) is 2.85. The molecule has 1 aromatic heterocycles. The van der Waals surface area contributed by atoms with Crippen LogP contribution in [0.15, 0.2) is 63.5 Å². The van der Waals surface area contributed by atoms with E-state index in [4.69, 9.17) is 15.0 Å². The van der Waals surface area contributed by atoms with Gasteiger partial charge in [-0.3, -0.25) is 34.7 Å². The van der Waals surface area contributed by atoms with Gasteiger partial charge in [0.05, 0.1) is 11.5 Å². The summed E-state index contributed by atoms with van der Waals surface area (Å²) in [6.07, 6.45) is -1.10. The highest BCUT2D eigenvalue weighted by Gasteiger charge is 2.57. The Bertz CT molecular complexity index is 1370. The second-order valence-corrected chi connectivity index (χ2v) is 9.01. The van der Waals surface area contributed by atoms with E-state index in [1.54, 1.807) is 12.1 Å². The van der Waals surface area contributed by atoms with Gasteiger partial charge >= 0.3 is 0 Å². The second kappa shape index (κ2) is 8.73. The maximum absolute atomic E-state index is 12.6. The van der Waals surface area contributed by atoms with Crippen LogP contribution in [0.3, 0.4) is 0 Å². The molecule has 2 aliphatic heterocycles. The van der Waals surface area contributed by atoms with Crippen LogP contribution in [0.25, 0.3) is 11.3 Å². The molecule has 0 aliphatic carbocycles. The van der Waals surface area contributed by atoms with E-state index in [2.05, 4.69) is 21.2 Å². The smallest absolute Gasteiger partial charge is 0.274 e. The summed E-state index contributed by atoms with van der Waals surface area (Å²) in [5.74, 6) is -1.93. The van der Waals surface area contributed by atoms with Gasteiger partial charge in [-0.05, 0) is 36.4 Å². The normalized spacial score (nSPS) is 21.7. The van der Waals surface area contributed by atoms with Gasteiger partial charge in [0.2, 0.25) is 11.8 Å². The molecular formula is C23H17BrN4O7. The molecule has 35 heavy (non-hydrogen) atoms. The SMILES string of the molecule is NC(=O)c1ccc(CN2OC3C(=O)NC(=O)C3C2c2ccc(-c3ccc(Br)cc3)o2)c([N+](=O)[O-])c1. The van der Waals surface area contributed by atoms with E-state index >= 15 is 0 Å². The number of benzene rings is 2. The summed E-state index contributed by atoms with van der Waals surface area (Å²) >= 11 is 3.38. The van der Waals surface area contributed by atoms with E-state index in [0.717, 1.165) is 16.1 Å². The van der Waals surface area contributed by atoms with E-state index in [1.807, 2.05) is 24.3 Å². The summed E-state index contributed by atoms with van der Waals surface area (Å²) in [6, 6.07) is 13.9. The van der Waals surface area contributed by atoms with Crippen LogP contribution in [0.1, 0.15) is 27.7 Å². The van der Waals surface area contributed by atoms with Gasteiger partial charge in [-0.1, -0.05) is 28.1 Å². The number of nitro groups is 1. The number of amides is 3. The Morgan fingerprint density at radius 1 is 1.11 bits per heavy atom. The molecule has 12 heteroatoms. The second-order valence-electron chi connectivity index (χ2n) is 8.10. The maximum Gasteiger partial charge on any atom is 0.274 e. The Kier molecular flexibility index (Phi) is 5.71. The molecule has 2 aliphatic rings. The van der Waals surface area contributed by atoms with Gasteiger partial charge in [-0.2, -0.15) is 5.06 Å². The van der Waals surface area contributed by atoms with Gasteiger partial charge in [-0.15, -0.1) is 0 Å². The Labute approximate surface area is 206 Å². The summed E-state index contributed by atoms with van der Waals surface area (Å²) in [6.45, 7) is -0.151. The minimum absolute atomic E-state index is 0.0176. The number of nitrogens with one attached hydrogen (secondary N) is 1. The van der Waals surface area contributed by atoms with E-state index in [-0.39, 0.29) is 23.4 Å². The maximum atomic E-state index is 12.6. The quantitative estimate of drug-likeness (QED) is 0.274. The molecule has 0 spiro atoms. The van der Waals surface area contributed by atoms with Crippen molar-refractivity contribution >= 4 is 39.3 Å². The summed E-state index contributed by atoms with van der Waals surface area (Å²) in [7, 11) is 0. The molecule has 0 bridgehead atoms. The van der Waals surface area contributed by atoms with Crippen molar-refractivity contribution in [3.63, 3.8) is 0 Å². The van der Waals surface area contributed by atoms with Crippen molar-refractivity contribution in [1.82, 2.24) is 10.4 Å². The van der Waals surface area contributed by atoms with E-state index in [9.17, 15) is 24.5 Å². The molecule has 5 rings (SSSR count). The molecule has 3 atom stereocenters. The predicted molar refractivity (Wildman–Crippen MR) is 123 cm³/mol. The van der Waals surface area contributed by atoms with Gasteiger partial charge in [-0.25, -0.2) is 0 Å². The van der Waals surface area contributed by atoms with Crippen molar-refractivity contribution in [2.24, 2.45) is 11.7 Å². The minimum Gasteiger partial charge on any atom is -0.459 e. The number of halogens is 1. The molecule has 0 radical (unpaired) electrons. The number of nitrogens with zero attached hydrogens (tertiary/aromatic N) is 2. The molecule has 3 amide bonds. The minimum atomic E-state index is -1.10. The number of fused-ring (bicyclic) bond motifs is 1. The molecule has 11 nitrogen and oxygen atoms in total. The number of carbonyl (C=O) groups is 3. The highest BCUT2D eigenvalue weighted by atomic mass is 79.9. The van der Waals surface area contributed by atoms with E-state index in [1.165, 1.54) is 17.2 Å². The molecule has 3 N–H and O–H groups in total. The third kappa shape index (κ3) is 4.11. The Morgan fingerprint density at radius 2 is 1.86 bits per heavy atom. The van der Waals surface area contributed by atoms with Crippen LogP contribution in [-0.2, 0) is 21.0 Å². The first kappa shape index (κ1) is 22.9. The highest BCUT2D eigenvalue weighted by Crippen LogP contribution is 2.44. The number of hydroxylamine groups is 2. The number of hydrogen-bond acceptors (Lipinski definition) is 8. The fourth-order valence-electron chi connectivity index (χ4n) is 4.31. The van der Waals surface area contributed by atoms with Crippen molar-refractivity contribution in [2.45, 2.75) is 18.7 Å². The molecule has 3 unspecified atom stereocenters. The van der Waals surface area contributed by atoms with Crippen molar-refractivity contribution in [1.29, 1.82) is 0 Å². The Morgan fingerprint density at radius 3 is 2.54 bits per heavy atom. The number of primary amides is 1. The van der Waals surface area contributed by atoms with Crippen molar-refractivity contribution in [3.05, 3.63) is 86.1 Å². The van der Waals surface area contributed by atoms with Crippen LogP contribution in [0.2, 0.25) is 0 Å². The summed E-state index contributed by atoms with van der Waals surface area (Å²) in [4.78, 5) is 53.2. The van der Waals surface area contributed by atoms with Gasteiger partial charge in [0.1, 0.15) is 23.5 Å². The molecule has 3 heterocycles. The third-order valence-electron chi connectivity index (χ3n) is 5.97. The van der Waals surface area contributed by atoms with Crippen LogP contribution in [0.4, 0.5) is 5.69 Å². The largest absolute Gasteiger partial charge is 0.459 e. The fourth-order valence-corrected chi connectivity index (χ4v) is 4.58. The van der Waals surface area contributed by atoms with Crippen molar-refractivity contribution in [2.75, 3.05) is 0 Å². The van der Waals surface area contributed by atoms with Crippen LogP contribution >= 0.6 is 15.9 Å². The Hall–Kier alpha value is -3.87. The topological polar surface area (TPSA) is 158 Å². The number of rotatable bonds is 6. The lowest BCUT2D eigenvalue weighted by Crippen LogP contribution is -2.33. The first-order valence-corrected chi connectivity index (χ1v) is 11.2. The molecule has 178 valence electrons. The highest BCUT2D eigenvalue weighted by molar-refractivity contribution is 9.10. The van der Waals surface area contributed by atoms with E-state index < -0.39 is 40.7 Å². The van der Waals surface area contributed by atoms with Crippen molar-refractivity contribution < 1.29 is 28.6 Å². The lowest BCUT2D eigenvalue weighted by Gasteiger charge is -2.23. The fraction of sp³-hybridized carbons (Fsp3) is 0.174. The zero-order valence-corrected chi connectivity index (χ0v) is 19.4. The first-order valence-electron chi connectivity index (χ1n) is 10.4.